The molecule has 0 saturated heterocycles. The molecule has 44 valence electrons. The van der Waals surface area contributed by atoms with E-state index in [1.165, 1.54) is 5.56 Å². The molecule has 0 aromatic carbocycles. The van der Waals surface area contributed by atoms with Crippen molar-refractivity contribution in [1.29, 1.82) is 0 Å². The van der Waals surface area contributed by atoms with E-state index < -0.39 is 0 Å². The van der Waals surface area contributed by atoms with Gasteiger partial charge in [0.15, 0.2) is 0 Å². The summed E-state index contributed by atoms with van der Waals surface area (Å²) in [5.41, 5.74) is 2.29. The first-order valence-corrected chi connectivity index (χ1v) is 3.07. The van der Waals surface area contributed by atoms with Gasteiger partial charge in [0.1, 0.15) is 0 Å². The summed E-state index contributed by atoms with van der Waals surface area (Å²) >= 11 is 4.09. The highest BCUT2D eigenvalue weighted by molar-refractivity contribution is 7.79. The Bertz CT molecular complexity index is 171. The van der Waals surface area contributed by atoms with Crippen molar-refractivity contribution in [1.82, 2.24) is 10.2 Å². The molecule has 2 nitrogen and oxygen atoms in total. The molecular formula is C5H8N2S. The van der Waals surface area contributed by atoms with Gasteiger partial charge in [0, 0.05) is 17.0 Å². The summed E-state index contributed by atoms with van der Waals surface area (Å²) in [5.74, 6) is 0.766. The number of nitrogens with zero attached hydrogens (tertiary/aromatic N) is 1. The quantitative estimate of drug-likeness (QED) is 0.546. The van der Waals surface area contributed by atoms with E-state index >= 15 is 0 Å². The van der Waals surface area contributed by atoms with Crippen LogP contribution in [0.2, 0.25) is 0 Å². The van der Waals surface area contributed by atoms with Crippen LogP contribution in [0.5, 0.6) is 0 Å². The summed E-state index contributed by atoms with van der Waals surface area (Å²) in [5, 5.41) is 6.64. The van der Waals surface area contributed by atoms with Crippen molar-refractivity contribution in [3.63, 3.8) is 0 Å². The number of thiol groups is 1. The summed E-state index contributed by atoms with van der Waals surface area (Å²) < 4.78 is 0. The second-order valence-electron chi connectivity index (χ2n) is 1.68. The molecule has 0 atom stereocenters. The van der Waals surface area contributed by atoms with Crippen molar-refractivity contribution < 1.29 is 0 Å². The van der Waals surface area contributed by atoms with Gasteiger partial charge >= 0.3 is 0 Å². The van der Waals surface area contributed by atoms with Crippen molar-refractivity contribution in [2.24, 2.45) is 0 Å². The molecule has 0 saturated carbocycles. The number of hydrogen-bond donors (Lipinski definition) is 2. The molecule has 1 heterocycles. The van der Waals surface area contributed by atoms with Gasteiger partial charge in [0.05, 0.1) is 6.20 Å². The molecular weight excluding hydrogens is 120 g/mol. The number of hydrogen-bond acceptors (Lipinski definition) is 2. The predicted octanol–water partition coefficient (Wildman–Crippen LogP) is 1.15. The molecule has 1 rings (SSSR count). The molecule has 1 aromatic heterocycles. The van der Waals surface area contributed by atoms with E-state index in [1.807, 2.05) is 6.92 Å². The number of H-pyrrole nitrogens is 1. The van der Waals surface area contributed by atoms with Crippen LogP contribution in [0.25, 0.3) is 0 Å². The number of aryl methyl sites for hydroxylation is 1. The van der Waals surface area contributed by atoms with E-state index in [0.29, 0.717) is 0 Å². The van der Waals surface area contributed by atoms with Gasteiger partial charge in [0.25, 0.3) is 0 Å². The van der Waals surface area contributed by atoms with Crippen LogP contribution >= 0.6 is 12.6 Å². The van der Waals surface area contributed by atoms with Gasteiger partial charge in [-0.2, -0.15) is 17.7 Å². The average Bonchev–Trinajstić information content (AvgIpc) is 2.14. The molecule has 0 amide bonds. The smallest absolute Gasteiger partial charge is 0.0530 e. The largest absolute Gasteiger partial charge is 0.283 e. The molecule has 0 spiro atoms. The maximum atomic E-state index is 4.09. The Morgan fingerprint density at radius 3 is 2.88 bits per heavy atom. The van der Waals surface area contributed by atoms with Gasteiger partial charge in [0.2, 0.25) is 0 Å². The van der Waals surface area contributed by atoms with Crippen LogP contribution in [-0.2, 0) is 5.75 Å². The molecule has 0 aliphatic heterocycles. The third-order valence-electron chi connectivity index (χ3n) is 1.10. The van der Waals surface area contributed by atoms with E-state index in [2.05, 4.69) is 22.8 Å². The summed E-state index contributed by atoms with van der Waals surface area (Å²) in [6, 6.07) is 0. The fraction of sp³-hybridized carbons (Fsp3) is 0.400. The first kappa shape index (κ1) is 5.69. The lowest BCUT2D eigenvalue weighted by molar-refractivity contribution is 1.04. The van der Waals surface area contributed by atoms with Crippen LogP contribution in [-0.4, -0.2) is 10.2 Å². The molecule has 0 unspecified atom stereocenters. The molecule has 0 fully saturated rings. The maximum absolute atomic E-state index is 4.09. The van der Waals surface area contributed by atoms with Crippen LogP contribution in [0.1, 0.15) is 11.3 Å². The second kappa shape index (κ2) is 2.22. The highest BCUT2D eigenvalue weighted by Gasteiger charge is 1.93. The van der Waals surface area contributed by atoms with Gasteiger partial charge < -0.3 is 0 Å². The minimum atomic E-state index is 0.766. The van der Waals surface area contributed by atoms with E-state index in [-0.39, 0.29) is 0 Å². The molecule has 0 aliphatic rings. The van der Waals surface area contributed by atoms with Crippen LogP contribution in [0.15, 0.2) is 6.20 Å². The van der Waals surface area contributed by atoms with Gasteiger partial charge in [-0.05, 0) is 6.92 Å². The lowest BCUT2D eigenvalue weighted by Crippen LogP contribution is -1.76. The first-order chi connectivity index (χ1) is 3.84. The Labute approximate surface area is 53.7 Å². The monoisotopic (exact) mass is 128 g/mol. The highest BCUT2D eigenvalue weighted by atomic mass is 32.1. The van der Waals surface area contributed by atoms with Crippen molar-refractivity contribution in [3.8, 4) is 0 Å². The Morgan fingerprint density at radius 2 is 2.62 bits per heavy atom. The van der Waals surface area contributed by atoms with Crippen molar-refractivity contribution in [2.45, 2.75) is 12.7 Å². The zero-order chi connectivity index (χ0) is 5.98. The van der Waals surface area contributed by atoms with Gasteiger partial charge in [-0.25, -0.2) is 0 Å². The van der Waals surface area contributed by atoms with Gasteiger partial charge in [-0.3, -0.25) is 5.10 Å². The topological polar surface area (TPSA) is 28.7 Å². The van der Waals surface area contributed by atoms with E-state index in [1.54, 1.807) is 6.20 Å². The SMILES string of the molecule is Cc1[nH]ncc1CS. The Hall–Kier alpha value is -0.440. The lowest BCUT2D eigenvalue weighted by atomic mass is 10.3. The minimum absolute atomic E-state index is 0.766. The maximum Gasteiger partial charge on any atom is 0.0530 e. The van der Waals surface area contributed by atoms with E-state index in [4.69, 9.17) is 0 Å². The zero-order valence-electron chi connectivity index (χ0n) is 4.68. The van der Waals surface area contributed by atoms with Gasteiger partial charge in [-0.1, -0.05) is 0 Å². The molecule has 1 aromatic rings. The summed E-state index contributed by atoms with van der Waals surface area (Å²) in [4.78, 5) is 0. The first-order valence-electron chi connectivity index (χ1n) is 2.44. The Kier molecular flexibility index (Phi) is 1.58. The third-order valence-corrected chi connectivity index (χ3v) is 1.45. The highest BCUT2D eigenvalue weighted by Crippen LogP contribution is 2.03. The fourth-order valence-electron chi connectivity index (χ4n) is 0.535. The zero-order valence-corrected chi connectivity index (χ0v) is 5.57. The Balaban J connectivity index is 2.92. The summed E-state index contributed by atoms with van der Waals surface area (Å²) in [6.07, 6.45) is 1.79. The third kappa shape index (κ3) is 0.865. The fourth-order valence-corrected chi connectivity index (χ4v) is 0.854. The van der Waals surface area contributed by atoms with Crippen molar-refractivity contribution in [2.75, 3.05) is 0 Å². The molecule has 1 N–H and O–H groups in total. The number of nitrogens with one attached hydrogen (secondary N) is 1. The normalized spacial score (nSPS) is 9.75. The van der Waals surface area contributed by atoms with Crippen LogP contribution in [0, 0.1) is 6.92 Å². The van der Waals surface area contributed by atoms with E-state index in [9.17, 15) is 0 Å². The number of aromatic amines is 1. The standard InChI is InChI=1S/C5H8N2S/c1-4-5(3-8)2-6-7-4/h2,8H,3H2,1H3,(H,6,7). The van der Waals surface area contributed by atoms with Crippen molar-refractivity contribution >= 4 is 12.6 Å². The summed E-state index contributed by atoms with van der Waals surface area (Å²) in [6.45, 7) is 1.98. The lowest BCUT2D eigenvalue weighted by Gasteiger charge is -1.85. The predicted molar refractivity (Wildman–Crippen MR) is 36.0 cm³/mol. The Morgan fingerprint density at radius 1 is 1.88 bits per heavy atom. The van der Waals surface area contributed by atoms with Crippen LogP contribution in [0.3, 0.4) is 0 Å². The molecule has 8 heavy (non-hydrogen) atoms. The molecule has 0 aliphatic carbocycles. The van der Waals surface area contributed by atoms with E-state index in [0.717, 1.165) is 11.4 Å². The van der Waals surface area contributed by atoms with Crippen LogP contribution < -0.4 is 0 Å². The van der Waals surface area contributed by atoms with Crippen LogP contribution in [0.4, 0.5) is 0 Å². The molecule has 3 heteroatoms. The minimum Gasteiger partial charge on any atom is -0.283 e. The average molecular weight is 128 g/mol. The molecule has 0 bridgehead atoms. The number of rotatable bonds is 1. The van der Waals surface area contributed by atoms with Gasteiger partial charge in [-0.15, -0.1) is 0 Å². The van der Waals surface area contributed by atoms with Crippen molar-refractivity contribution in [3.05, 3.63) is 17.5 Å². The number of aromatic nitrogens is 2. The second-order valence-corrected chi connectivity index (χ2v) is 1.99. The summed E-state index contributed by atoms with van der Waals surface area (Å²) in [7, 11) is 0. The molecule has 0 radical (unpaired) electrons.